The Morgan fingerprint density at radius 1 is 1.36 bits per heavy atom. The van der Waals surface area contributed by atoms with Crippen LogP contribution in [0, 0.1) is 13.8 Å². The highest BCUT2D eigenvalue weighted by atomic mass is 16.5. The number of carbonyl (C=O) groups excluding carboxylic acids is 1. The topological polar surface area (TPSA) is 49.6 Å². The minimum atomic E-state index is -0.254. The zero-order valence-corrected chi connectivity index (χ0v) is 15.7. The van der Waals surface area contributed by atoms with Crippen molar-refractivity contribution in [3.63, 3.8) is 0 Å². The first-order chi connectivity index (χ1) is 11.9. The number of aryl methyl sites for hydroxylation is 2. The van der Waals surface area contributed by atoms with Crippen molar-refractivity contribution in [3.8, 4) is 0 Å². The van der Waals surface area contributed by atoms with Crippen molar-refractivity contribution in [1.82, 2.24) is 10.1 Å². The van der Waals surface area contributed by atoms with Gasteiger partial charge in [0.05, 0.1) is 11.6 Å². The molecule has 0 bridgehead atoms. The molecule has 2 unspecified atom stereocenters. The maximum atomic E-state index is 13.4. The molecule has 0 saturated carbocycles. The van der Waals surface area contributed by atoms with Gasteiger partial charge in [-0.3, -0.25) is 4.79 Å². The lowest BCUT2D eigenvalue weighted by molar-refractivity contribution is -0.135. The normalized spacial score (nSPS) is 18.7. The van der Waals surface area contributed by atoms with Gasteiger partial charge in [-0.25, -0.2) is 0 Å². The Labute approximate surface area is 149 Å². The van der Waals surface area contributed by atoms with Gasteiger partial charge in [-0.1, -0.05) is 30.3 Å². The Hall–Kier alpha value is -2.30. The van der Waals surface area contributed by atoms with E-state index in [0.29, 0.717) is 6.54 Å². The molecular formula is C20H27N3O2. The molecule has 2 aromatic rings. The summed E-state index contributed by atoms with van der Waals surface area (Å²) in [5, 5.41) is 4.02. The van der Waals surface area contributed by atoms with Crippen LogP contribution in [0.5, 0.6) is 0 Å². The Morgan fingerprint density at radius 2 is 2.08 bits per heavy atom. The summed E-state index contributed by atoms with van der Waals surface area (Å²) in [7, 11) is 2.10. The molecule has 1 aromatic carbocycles. The van der Waals surface area contributed by atoms with Gasteiger partial charge in [0.15, 0.2) is 0 Å². The molecule has 1 amide bonds. The quantitative estimate of drug-likeness (QED) is 0.855. The van der Waals surface area contributed by atoms with E-state index >= 15 is 0 Å². The largest absolute Gasteiger partial charge is 0.372 e. The van der Waals surface area contributed by atoms with E-state index in [1.54, 1.807) is 0 Å². The highest BCUT2D eigenvalue weighted by molar-refractivity contribution is 5.84. The van der Waals surface area contributed by atoms with E-state index in [2.05, 4.69) is 42.2 Å². The Bertz CT molecular complexity index is 749. The van der Waals surface area contributed by atoms with E-state index in [1.165, 1.54) is 11.3 Å². The first-order valence-electron chi connectivity index (χ1n) is 8.96. The van der Waals surface area contributed by atoms with Gasteiger partial charge < -0.3 is 14.3 Å². The van der Waals surface area contributed by atoms with E-state index in [4.69, 9.17) is 4.52 Å². The smallest absolute Gasteiger partial charge is 0.230 e. The van der Waals surface area contributed by atoms with Crippen LogP contribution in [-0.4, -0.2) is 35.6 Å². The van der Waals surface area contributed by atoms with Gasteiger partial charge in [0, 0.05) is 37.4 Å². The Kier molecular flexibility index (Phi) is 4.84. The molecule has 0 spiro atoms. The molecule has 5 heteroatoms. The number of aromatic nitrogens is 1. The highest BCUT2D eigenvalue weighted by Gasteiger charge is 2.33. The maximum absolute atomic E-state index is 13.4. The number of hydrogen-bond donors (Lipinski definition) is 0. The van der Waals surface area contributed by atoms with Gasteiger partial charge in [-0.15, -0.1) is 0 Å². The van der Waals surface area contributed by atoms with Gasteiger partial charge >= 0.3 is 0 Å². The molecule has 0 saturated heterocycles. The summed E-state index contributed by atoms with van der Waals surface area (Å²) < 4.78 is 5.28. The van der Waals surface area contributed by atoms with E-state index in [0.717, 1.165) is 30.0 Å². The van der Waals surface area contributed by atoms with Crippen molar-refractivity contribution in [2.24, 2.45) is 0 Å². The third-order valence-electron chi connectivity index (χ3n) is 5.32. The number of likely N-dealkylation sites (N-methyl/N-ethyl adjacent to an activating group) is 1. The third kappa shape index (κ3) is 3.15. The second kappa shape index (κ2) is 6.90. The molecule has 1 aliphatic rings. The first-order valence-corrected chi connectivity index (χ1v) is 8.96. The van der Waals surface area contributed by atoms with Gasteiger partial charge in [-0.2, -0.15) is 0 Å². The van der Waals surface area contributed by atoms with Crippen molar-refractivity contribution in [1.29, 1.82) is 0 Å². The van der Waals surface area contributed by atoms with Crippen molar-refractivity contribution in [2.75, 3.05) is 18.5 Å². The number of amides is 1. The average Bonchev–Trinajstić information content (AvgIpc) is 2.86. The Balaban J connectivity index is 1.95. The number of rotatable bonds is 3. The summed E-state index contributed by atoms with van der Waals surface area (Å²) >= 11 is 0. The number of carbonyl (C=O) groups is 1. The first kappa shape index (κ1) is 17.5. The third-order valence-corrected chi connectivity index (χ3v) is 5.32. The maximum Gasteiger partial charge on any atom is 0.230 e. The molecule has 1 aliphatic heterocycles. The van der Waals surface area contributed by atoms with Crippen LogP contribution in [0.4, 0.5) is 5.69 Å². The fourth-order valence-electron chi connectivity index (χ4n) is 3.93. The summed E-state index contributed by atoms with van der Waals surface area (Å²) in [6.45, 7) is 9.37. The van der Waals surface area contributed by atoms with Crippen LogP contribution >= 0.6 is 0 Å². The van der Waals surface area contributed by atoms with Crippen LogP contribution < -0.4 is 4.90 Å². The van der Waals surface area contributed by atoms with Crippen LogP contribution in [0.1, 0.15) is 48.8 Å². The molecule has 0 N–H and O–H groups in total. The van der Waals surface area contributed by atoms with E-state index in [-0.39, 0.29) is 17.9 Å². The minimum absolute atomic E-state index is 0.145. The minimum Gasteiger partial charge on any atom is -0.372 e. The number of anilines is 1. The molecular weight excluding hydrogens is 314 g/mol. The molecule has 0 fully saturated rings. The van der Waals surface area contributed by atoms with Crippen LogP contribution in [0.25, 0.3) is 0 Å². The average molecular weight is 341 g/mol. The zero-order chi connectivity index (χ0) is 18.1. The monoisotopic (exact) mass is 341 g/mol. The molecule has 2 heterocycles. The van der Waals surface area contributed by atoms with E-state index in [1.807, 2.05) is 31.7 Å². The van der Waals surface area contributed by atoms with Crippen molar-refractivity contribution in [2.45, 2.75) is 52.6 Å². The summed E-state index contributed by atoms with van der Waals surface area (Å²) in [4.78, 5) is 17.7. The van der Waals surface area contributed by atoms with Crippen LogP contribution in [0.2, 0.25) is 0 Å². The fourth-order valence-corrected chi connectivity index (χ4v) is 3.93. The molecule has 1 aromatic heterocycles. The predicted octanol–water partition coefficient (Wildman–Crippen LogP) is 3.65. The van der Waals surface area contributed by atoms with Crippen molar-refractivity contribution < 1.29 is 9.32 Å². The van der Waals surface area contributed by atoms with Crippen LogP contribution in [-0.2, 0) is 11.3 Å². The lowest BCUT2D eigenvalue weighted by atomic mass is 9.96. The fraction of sp³-hybridized carbons (Fsp3) is 0.500. The molecule has 0 radical (unpaired) electrons. The zero-order valence-electron chi connectivity index (χ0n) is 15.7. The SMILES string of the molecule is CCC1CN(C)c2ccccc2CN1C(=O)C(C)c1c(C)noc1C. The second-order valence-corrected chi connectivity index (χ2v) is 7.00. The van der Waals surface area contributed by atoms with Gasteiger partial charge in [0.2, 0.25) is 5.91 Å². The van der Waals surface area contributed by atoms with Crippen molar-refractivity contribution >= 4 is 11.6 Å². The number of hydrogen-bond acceptors (Lipinski definition) is 4. The molecule has 0 aliphatic carbocycles. The highest BCUT2D eigenvalue weighted by Crippen LogP contribution is 2.31. The van der Waals surface area contributed by atoms with Crippen LogP contribution in [0.3, 0.4) is 0 Å². The van der Waals surface area contributed by atoms with E-state index < -0.39 is 0 Å². The molecule has 134 valence electrons. The molecule has 25 heavy (non-hydrogen) atoms. The van der Waals surface area contributed by atoms with Crippen LogP contribution in [0.15, 0.2) is 28.8 Å². The van der Waals surface area contributed by atoms with Gasteiger partial charge in [0.1, 0.15) is 5.76 Å². The number of nitrogens with zero attached hydrogens (tertiary/aromatic N) is 3. The summed E-state index contributed by atoms with van der Waals surface area (Å²) in [6.07, 6.45) is 0.929. The standard InChI is InChI=1S/C20H27N3O2/c1-6-17-12-22(5)18-10-8-7-9-16(18)11-23(17)20(24)13(2)19-14(3)21-25-15(19)4/h7-10,13,17H,6,11-12H2,1-5H3. The van der Waals surface area contributed by atoms with E-state index in [9.17, 15) is 4.79 Å². The molecule has 2 atom stereocenters. The number of benzene rings is 1. The number of para-hydroxylation sites is 1. The van der Waals surface area contributed by atoms with Crippen molar-refractivity contribution in [3.05, 3.63) is 46.8 Å². The second-order valence-electron chi connectivity index (χ2n) is 7.00. The number of fused-ring (bicyclic) bond motifs is 1. The molecule has 5 nitrogen and oxygen atoms in total. The lowest BCUT2D eigenvalue weighted by Crippen LogP contribution is -2.45. The summed E-state index contributed by atoms with van der Waals surface area (Å²) in [5.41, 5.74) is 4.13. The Morgan fingerprint density at radius 3 is 2.72 bits per heavy atom. The van der Waals surface area contributed by atoms with Gasteiger partial charge in [0.25, 0.3) is 0 Å². The predicted molar refractivity (Wildman–Crippen MR) is 98.7 cm³/mol. The summed E-state index contributed by atoms with van der Waals surface area (Å²) in [5.74, 6) is 0.626. The van der Waals surface area contributed by atoms with Gasteiger partial charge in [-0.05, 0) is 38.8 Å². The summed E-state index contributed by atoms with van der Waals surface area (Å²) in [6, 6.07) is 8.53. The molecule has 3 rings (SSSR count). The lowest BCUT2D eigenvalue weighted by Gasteiger charge is -2.32.